The third kappa shape index (κ3) is 5.11. The summed E-state index contributed by atoms with van der Waals surface area (Å²) in [6.45, 7) is 2.68. The molecule has 0 amide bonds. The zero-order valence-electron chi connectivity index (χ0n) is 14.4. The largest absolute Gasteiger partial charge is 0.271 e. The Morgan fingerprint density at radius 2 is 1.88 bits per heavy atom. The maximum atomic E-state index is 12.1. The number of nitrogens with one attached hydrogen (secondary N) is 1. The van der Waals surface area contributed by atoms with Crippen LogP contribution in [0.4, 0.5) is 0 Å². The smallest absolute Gasteiger partial charge is 0.233 e. The molecule has 0 aliphatic rings. The number of aryl methyl sites for hydroxylation is 1. The number of aromatic nitrogens is 3. The van der Waals surface area contributed by atoms with E-state index in [1.54, 1.807) is 23.2 Å². The monoisotopic (exact) mass is 368 g/mol. The zero-order valence-corrected chi connectivity index (χ0v) is 15.2. The second-order valence-corrected chi connectivity index (χ2v) is 7.48. The normalized spacial score (nSPS) is 11.9. The van der Waals surface area contributed by atoms with E-state index in [0.29, 0.717) is 6.54 Å². The molecular weight excluding hydrogens is 348 g/mol. The van der Waals surface area contributed by atoms with Gasteiger partial charge in [0, 0.05) is 24.3 Å². The number of pyridine rings is 1. The first-order chi connectivity index (χ1) is 12.5. The van der Waals surface area contributed by atoms with Gasteiger partial charge in [0.25, 0.3) is 0 Å². The molecule has 0 radical (unpaired) electrons. The fourth-order valence-corrected chi connectivity index (χ4v) is 3.14. The lowest BCUT2D eigenvalue weighted by atomic mass is 10.2. The lowest BCUT2D eigenvalue weighted by Gasteiger charge is -2.03. The highest BCUT2D eigenvalue weighted by molar-refractivity contribution is 7.92. The summed E-state index contributed by atoms with van der Waals surface area (Å²) in [4.78, 5) is 4.24. The van der Waals surface area contributed by atoms with Gasteiger partial charge in [0.05, 0.1) is 12.2 Å². The molecule has 0 fully saturated rings. The fraction of sp³-hybridized carbons (Fsp3) is 0.158. The highest BCUT2D eigenvalue weighted by Crippen LogP contribution is 2.12. The van der Waals surface area contributed by atoms with Gasteiger partial charge in [-0.25, -0.2) is 13.1 Å². The minimum atomic E-state index is -3.49. The summed E-state index contributed by atoms with van der Waals surface area (Å²) in [7, 11) is -3.49. The van der Waals surface area contributed by atoms with E-state index in [-0.39, 0.29) is 6.54 Å². The molecule has 134 valence electrons. The number of rotatable bonds is 7. The van der Waals surface area contributed by atoms with E-state index in [4.69, 9.17) is 0 Å². The third-order valence-corrected chi connectivity index (χ3v) is 4.83. The van der Waals surface area contributed by atoms with E-state index in [0.717, 1.165) is 22.5 Å². The molecule has 0 saturated heterocycles. The number of sulfonamides is 1. The van der Waals surface area contributed by atoms with Crippen molar-refractivity contribution < 1.29 is 8.42 Å². The average Bonchev–Trinajstić information content (AvgIpc) is 3.11. The molecule has 0 spiro atoms. The molecule has 0 atom stereocenters. The fourth-order valence-electron chi connectivity index (χ4n) is 2.33. The number of hydrogen-bond donors (Lipinski definition) is 1. The van der Waals surface area contributed by atoms with Crippen LogP contribution >= 0.6 is 0 Å². The van der Waals surface area contributed by atoms with Gasteiger partial charge in [-0.15, -0.1) is 0 Å². The first kappa shape index (κ1) is 18.0. The molecule has 7 heteroatoms. The Labute approximate surface area is 153 Å². The highest BCUT2D eigenvalue weighted by Gasteiger charge is 2.06. The van der Waals surface area contributed by atoms with Crippen molar-refractivity contribution in [3.63, 3.8) is 0 Å². The molecular formula is C19H20N4O2S. The van der Waals surface area contributed by atoms with E-state index < -0.39 is 10.0 Å². The Kier molecular flexibility index (Phi) is 5.60. The summed E-state index contributed by atoms with van der Waals surface area (Å²) >= 11 is 0. The van der Waals surface area contributed by atoms with E-state index in [2.05, 4.69) is 14.8 Å². The van der Waals surface area contributed by atoms with Gasteiger partial charge in [0.2, 0.25) is 10.0 Å². The minimum absolute atomic E-state index is 0.254. The number of hydrogen-bond acceptors (Lipinski definition) is 4. The van der Waals surface area contributed by atoms with Gasteiger partial charge in [-0.2, -0.15) is 5.10 Å². The SMILES string of the molecule is Cc1ccc(/C=C/S(=O)(=O)NCCn2ccc(-c3ccccn3)n2)cc1. The predicted molar refractivity (Wildman–Crippen MR) is 103 cm³/mol. The quantitative estimate of drug-likeness (QED) is 0.696. The second kappa shape index (κ2) is 8.07. The molecule has 3 aromatic rings. The zero-order chi connectivity index (χ0) is 18.4. The van der Waals surface area contributed by atoms with Gasteiger partial charge in [0.15, 0.2) is 0 Å². The Morgan fingerprint density at radius 1 is 1.08 bits per heavy atom. The molecule has 26 heavy (non-hydrogen) atoms. The highest BCUT2D eigenvalue weighted by atomic mass is 32.2. The van der Waals surface area contributed by atoms with Crippen LogP contribution < -0.4 is 4.72 Å². The predicted octanol–water partition coefficient (Wildman–Crippen LogP) is 2.84. The molecule has 1 aromatic carbocycles. The molecule has 2 heterocycles. The maximum Gasteiger partial charge on any atom is 0.233 e. The first-order valence-electron chi connectivity index (χ1n) is 8.21. The lowest BCUT2D eigenvalue weighted by molar-refractivity contribution is 0.568. The summed E-state index contributed by atoms with van der Waals surface area (Å²) in [6, 6.07) is 15.1. The summed E-state index contributed by atoms with van der Waals surface area (Å²) in [5.74, 6) is 0. The van der Waals surface area contributed by atoms with E-state index in [9.17, 15) is 8.42 Å². The molecule has 2 aromatic heterocycles. The van der Waals surface area contributed by atoms with Gasteiger partial charge in [-0.1, -0.05) is 35.9 Å². The minimum Gasteiger partial charge on any atom is -0.271 e. The van der Waals surface area contributed by atoms with Crippen molar-refractivity contribution in [2.75, 3.05) is 6.54 Å². The van der Waals surface area contributed by atoms with Crippen LogP contribution in [0.1, 0.15) is 11.1 Å². The van der Waals surface area contributed by atoms with Gasteiger partial charge in [0.1, 0.15) is 5.69 Å². The first-order valence-corrected chi connectivity index (χ1v) is 9.76. The maximum absolute atomic E-state index is 12.1. The standard InChI is InChI=1S/C19H20N4O2S/c1-16-5-7-17(8-6-16)10-15-26(24,25)21-12-14-23-13-9-19(22-23)18-4-2-3-11-20-18/h2-11,13,15,21H,12,14H2,1H3/b15-10+. The molecule has 0 aliphatic carbocycles. The Balaban J connectivity index is 1.54. The van der Waals surface area contributed by atoms with E-state index in [1.165, 1.54) is 5.41 Å². The molecule has 0 aliphatic heterocycles. The number of benzene rings is 1. The summed E-state index contributed by atoms with van der Waals surface area (Å²) in [5, 5.41) is 5.58. The molecule has 6 nitrogen and oxygen atoms in total. The number of nitrogens with zero attached hydrogens (tertiary/aromatic N) is 3. The van der Waals surface area contributed by atoms with Crippen LogP contribution in [0.15, 0.2) is 66.3 Å². The van der Waals surface area contributed by atoms with Crippen LogP contribution in [-0.4, -0.2) is 29.7 Å². The summed E-state index contributed by atoms with van der Waals surface area (Å²) < 4.78 is 28.3. The average molecular weight is 368 g/mol. The van der Waals surface area contributed by atoms with E-state index >= 15 is 0 Å². The van der Waals surface area contributed by atoms with Crippen LogP contribution in [0.25, 0.3) is 17.5 Å². The van der Waals surface area contributed by atoms with Gasteiger partial charge in [-0.3, -0.25) is 9.67 Å². The van der Waals surface area contributed by atoms with Gasteiger partial charge < -0.3 is 0 Å². The third-order valence-electron chi connectivity index (χ3n) is 3.73. The van der Waals surface area contributed by atoms with Crippen molar-refractivity contribution in [3.05, 3.63) is 77.5 Å². The van der Waals surface area contributed by atoms with Crippen LogP contribution in [0, 0.1) is 6.92 Å². The van der Waals surface area contributed by atoms with Gasteiger partial charge in [-0.05, 0) is 36.8 Å². The van der Waals surface area contributed by atoms with Crippen LogP contribution in [0.5, 0.6) is 0 Å². The van der Waals surface area contributed by atoms with Crippen molar-refractivity contribution in [2.24, 2.45) is 0 Å². The van der Waals surface area contributed by atoms with Crippen molar-refractivity contribution in [1.82, 2.24) is 19.5 Å². The molecule has 0 unspecified atom stereocenters. The molecule has 0 bridgehead atoms. The van der Waals surface area contributed by atoms with Crippen molar-refractivity contribution >= 4 is 16.1 Å². The summed E-state index contributed by atoms with van der Waals surface area (Å²) in [5.41, 5.74) is 3.51. The Morgan fingerprint density at radius 3 is 2.62 bits per heavy atom. The topological polar surface area (TPSA) is 76.9 Å². The van der Waals surface area contributed by atoms with E-state index in [1.807, 2.05) is 55.5 Å². The molecule has 3 rings (SSSR count). The molecule has 1 N–H and O–H groups in total. The molecule has 0 saturated carbocycles. The van der Waals surface area contributed by atoms with Crippen LogP contribution in [0.3, 0.4) is 0 Å². The lowest BCUT2D eigenvalue weighted by Crippen LogP contribution is -2.25. The van der Waals surface area contributed by atoms with Crippen LogP contribution in [-0.2, 0) is 16.6 Å². The van der Waals surface area contributed by atoms with Crippen molar-refractivity contribution in [2.45, 2.75) is 13.5 Å². The van der Waals surface area contributed by atoms with Crippen molar-refractivity contribution in [3.8, 4) is 11.4 Å². The summed E-state index contributed by atoms with van der Waals surface area (Å²) in [6.07, 6.45) is 5.10. The second-order valence-electron chi connectivity index (χ2n) is 5.83. The van der Waals surface area contributed by atoms with Gasteiger partial charge >= 0.3 is 0 Å². The van der Waals surface area contributed by atoms with Crippen molar-refractivity contribution in [1.29, 1.82) is 0 Å². The Bertz CT molecular complexity index is 978. The van der Waals surface area contributed by atoms with Crippen LogP contribution in [0.2, 0.25) is 0 Å². The Hall–Kier alpha value is -2.77.